The summed E-state index contributed by atoms with van der Waals surface area (Å²) in [5.74, 6) is 1.53. The number of ether oxygens (including phenoxy) is 3. The zero-order valence-electron chi connectivity index (χ0n) is 12.7. The van der Waals surface area contributed by atoms with E-state index in [-0.39, 0.29) is 12.0 Å². The molecule has 1 saturated heterocycles. The molecule has 1 aromatic carbocycles. The SMILES string of the molecule is COc1cc(CCC(=O)NC[C@H]2CCCO2)cc(OC)c1. The van der Waals surface area contributed by atoms with E-state index in [4.69, 9.17) is 14.2 Å². The van der Waals surface area contributed by atoms with Gasteiger partial charge in [0.05, 0.1) is 20.3 Å². The summed E-state index contributed by atoms with van der Waals surface area (Å²) in [5, 5.41) is 2.93. The van der Waals surface area contributed by atoms with Gasteiger partial charge in [0, 0.05) is 25.6 Å². The summed E-state index contributed by atoms with van der Waals surface area (Å²) in [7, 11) is 3.24. The molecule has 1 heterocycles. The quantitative estimate of drug-likeness (QED) is 0.834. The molecule has 2 rings (SSSR count). The number of rotatable bonds is 7. The number of hydrogen-bond acceptors (Lipinski definition) is 4. The summed E-state index contributed by atoms with van der Waals surface area (Å²) in [6, 6.07) is 5.67. The van der Waals surface area contributed by atoms with Crippen LogP contribution in [0.15, 0.2) is 18.2 Å². The van der Waals surface area contributed by atoms with Crippen molar-refractivity contribution in [2.45, 2.75) is 31.8 Å². The predicted octanol–water partition coefficient (Wildman–Crippen LogP) is 1.93. The first-order valence-corrected chi connectivity index (χ1v) is 7.31. The molecule has 0 spiro atoms. The first-order valence-electron chi connectivity index (χ1n) is 7.31. The Hall–Kier alpha value is -1.75. The zero-order chi connectivity index (χ0) is 15.1. The number of carbonyl (C=O) groups excluding carboxylic acids is 1. The van der Waals surface area contributed by atoms with Crippen LogP contribution in [0.3, 0.4) is 0 Å². The van der Waals surface area contributed by atoms with E-state index in [2.05, 4.69) is 5.32 Å². The van der Waals surface area contributed by atoms with Crippen LogP contribution in [0.2, 0.25) is 0 Å². The van der Waals surface area contributed by atoms with Crippen molar-refractivity contribution in [3.8, 4) is 11.5 Å². The Morgan fingerprint density at radius 2 is 2.00 bits per heavy atom. The van der Waals surface area contributed by atoms with Gasteiger partial charge in [-0.3, -0.25) is 4.79 Å². The van der Waals surface area contributed by atoms with Gasteiger partial charge in [-0.25, -0.2) is 0 Å². The summed E-state index contributed by atoms with van der Waals surface area (Å²) in [5.41, 5.74) is 1.03. The summed E-state index contributed by atoms with van der Waals surface area (Å²) in [6.07, 6.45) is 3.41. The normalized spacial score (nSPS) is 17.5. The van der Waals surface area contributed by atoms with Crippen LogP contribution in [0.4, 0.5) is 0 Å². The third-order valence-corrected chi connectivity index (χ3v) is 3.60. The third kappa shape index (κ3) is 4.93. The van der Waals surface area contributed by atoms with Crippen LogP contribution in [0.25, 0.3) is 0 Å². The molecule has 0 unspecified atom stereocenters. The number of methoxy groups -OCH3 is 2. The highest BCUT2D eigenvalue weighted by Gasteiger charge is 2.16. The molecule has 5 nitrogen and oxygen atoms in total. The van der Waals surface area contributed by atoms with Gasteiger partial charge in [0.15, 0.2) is 0 Å². The van der Waals surface area contributed by atoms with Crippen molar-refractivity contribution in [2.24, 2.45) is 0 Å². The second kappa shape index (κ2) is 7.88. The predicted molar refractivity (Wildman–Crippen MR) is 79.9 cm³/mol. The molecule has 0 saturated carbocycles. The Balaban J connectivity index is 1.79. The smallest absolute Gasteiger partial charge is 0.220 e. The Morgan fingerprint density at radius 3 is 2.57 bits per heavy atom. The van der Waals surface area contributed by atoms with Gasteiger partial charge in [-0.05, 0) is 37.0 Å². The average Bonchev–Trinajstić information content (AvgIpc) is 3.03. The molecule has 1 aliphatic rings. The molecule has 0 radical (unpaired) electrons. The van der Waals surface area contributed by atoms with Crippen molar-refractivity contribution in [3.63, 3.8) is 0 Å². The van der Waals surface area contributed by atoms with E-state index in [1.165, 1.54) is 0 Å². The van der Waals surface area contributed by atoms with Gasteiger partial charge in [0.2, 0.25) is 5.91 Å². The van der Waals surface area contributed by atoms with E-state index in [1.807, 2.05) is 18.2 Å². The number of benzene rings is 1. The molecule has 1 atom stereocenters. The number of nitrogens with one attached hydrogen (secondary N) is 1. The molecule has 1 aliphatic heterocycles. The molecule has 1 amide bonds. The maximum Gasteiger partial charge on any atom is 0.220 e. The van der Waals surface area contributed by atoms with Crippen molar-refractivity contribution in [2.75, 3.05) is 27.4 Å². The van der Waals surface area contributed by atoms with Crippen molar-refractivity contribution in [3.05, 3.63) is 23.8 Å². The third-order valence-electron chi connectivity index (χ3n) is 3.60. The van der Waals surface area contributed by atoms with Crippen LogP contribution in [0, 0.1) is 0 Å². The van der Waals surface area contributed by atoms with Crippen LogP contribution >= 0.6 is 0 Å². The van der Waals surface area contributed by atoms with Crippen LogP contribution in [-0.2, 0) is 16.0 Å². The Bertz CT molecular complexity index is 447. The standard InChI is InChI=1S/C16H23NO4/c1-19-14-8-12(9-15(10-14)20-2)5-6-16(18)17-11-13-4-3-7-21-13/h8-10,13H,3-7,11H2,1-2H3,(H,17,18)/t13-/m1/s1. The van der Waals surface area contributed by atoms with E-state index >= 15 is 0 Å². The fourth-order valence-corrected chi connectivity index (χ4v) is 2.39. The highest BCUT2D eigenvalue weighted by Crippen LogP contribution is 2.23. The van der Waals surface area contributed by atoms with Gasteiger partial charge >= 0.3 is 0 Å². The minimum Gasteiger partial charge on any atom is -0.497 e. The minimum atomic E-state index is 0.0484. The maximum atomic E-state index is 11.9. The average molecular weight is 293 g/mol. The van der Waals surface area contributed by atoms with E-state index in [0.29, 0.717) is 19.4 Å². The van der Waals surface area contributed by atoms with Crippen LogP contribution in [0.5, 0.6) is 11.5 Å². The largest absolute Gasteiger partial charge is 0.497 e. The highest BCUT2D eigenvalue weighted by atomic mass is 16.5. The van der Waals surface area contributed by atoms with E-state index in [0.717, 1.165) is 36.5 Å². The monoisotopic (exact) mass is 293 g/mol. The molecule has 0 bridgehead atoms. The van der Waals surface area contributed by atoms with Crippen LogP contribution in [-0.4, -0.2) is 39.4 Å². The van der Waals surface area contributed by atoms with Crippen molar-refractivity contribution < 1.29 is 19.0 Å². The van der Waals surface area contributed by atoms with Crippen LogP contribution in [0.1, 0.15) is 24.8 Å². The van der Waals surface area contributed by atoms with Gasteiger partial charge in [0.25, 0.3) is 0 Å². The van der Waals surface area contributed by atoms with Crippen molar-refractivity contribution in [1.82, 2.24) is 5.32 Å². The number of hydrogen-bond donors (Lipinski definition) is 1. The first kappa shape index (κ1) is 15.6. The second-order valence-corrected chi connectivity index (χ2v) is 5.16. The summed E-state index contributed by atoms with van der Waals surface area (Å²) in [4.78, 5) is 11.9. The number of carbonyl (C=O) groups is 1. The Morgan fingerprint density at radius 1 is 1.29 bits per heavy atom. The topological polar surface area (TPSA) is 56.8 Å². The molecule has 0 aromatic heterocycles. The highest BCUT2D eigenvalue weighted by molar-refractivity contribution is 5.76. The van der Waals surface area contributed by atoms with Gasteiger partial charge in [0.1, 0.15) is 11.5 Å². The lowest BCUT2D eigenvalue weighted by Gasteiger charge is -2.11. The van der Waals surface area contributed by atoms with E-state index in [9.17, 15) is 4.79 Å². The Labute approximate surface area is 125 Å². The molecular formula is C16H23NO4. The van der Waals surface area contributed by atoms with Gasteiger partial charge in [-0.2, -0.15) is 0 Å². The molecule has 5 heteroatoms. The molecule has 21 heavy (non-hydrogen) atoms. The molecule has 116 valence electrons. The molecule has 1 fully saturated rings. The minimum absolute atomic E-state index is 0.0484. The van der Waals surface area contributed by atoms with E-state index < -0.39 is 0 Å². The lowest BCUT2D eigenvalue weighted by atomic mass is 10.1. The van der Waals surface area contributed by atoms with Gasteiger partial charge in [-0.15, -0.1) is 0 Å². The lowest BCUT2D eigenvalue weighted by molar-refractivity contribution is -0.121. The second-order valence-electron chi connectivity index (χ2n) is 5.16. The lowest BCUT2D eigenvalue weighted by Crippen LogP contribution is -2.31. The molecule has 0 aliphatic carbocycles. The van der Waals surface area contributed by atoms with Crippen molar-refractivity contribution >= 4 is 5.91 Å². The molecular weight excluding hydrogens is 270 g/mol. The van der Waals surface area contributed by atoms with Gasteiger partial charge < -0.3 is 19.5 Å². The van der Waals surface area contributed by atoms with Crippen LogP contribution < -0.4 is 14.8 Å². The van der Waals surface area contributed by atoms with Crippen molar-refractivity contribution in [1.29, 1.82) is 0 Å². The van der Waals surface area contributed by atoms with Gasteiger partial charge in [-0.1, -0.05) is 0 Å². The maximum absolute atomic E-state index is 11.9. The summed E-state index contributed by atoms with van der Waals surface area (Å²) >= 11 is 0. The summed E-state index contributed by atoms with van der Waals surface area (Å²) < 4.78 is 15.9. The fraction of sp³-hybridized carbons (Fsp3) is 0.562. The Kier molecular flexibility index (Phi) is 5.87. The summed E-state index contributed by atoms with van der Waals surface area (Å²) in [6.45, 7) is 1.42. The fourth-order valence-electron chi connectivity index (χ4n) is 2.39. The number of amides is 1. The van der Waals surface area contributed by atoms with E-state index in [1.54, 1.807) is 14.2 Å². The molecule has 1 aromatic rings. The first-order chi connectivity index (χ1) is 10.2. The molecule has 1 N–H and O–H groups in total. The zero-order valence-corrected chi connectivity index (χ0v) is 12.7. The number of aryl methyl sites for hydroxylation is 1.